The van der Waals surface area contributed by atoms with Gasteiger partial charge in [0.25, 0.3) is 0 Å². The third-order valence-corrected chi connectivity index (χ3v) is 4.61. The Morgan fingerprint density at radius 2 is 1.93 bits per heavy atom. The SMILES string of the molecule is CC(C)(O)C#Cc1nnc(Nc2cnc(C#N)cn2)cc1NCC1CCCCC1. The van der Waals surface area contributed by atoms with Crippen LogP contribution in [0.25, 0.3) is 0 Å². The summed E-state index contributed by atoms with van der Waals surface area (Å²) in [5.41, 5.74) is 0.372. The van der Waals surface area contributed by atoms with Crippen molar-refractivity contribution < 1.29 is 5.11 Å². The van der Waals surface area contributed by atoms with E-state index in [4.69, 9.17) is 5.26 Å². The van der Waals surface area contributed by atoms with E-state index in [0.717, 1.165) is 12.2 Å². The molecule has 0 spiro atoms. The Hall–Kier alpha value is -3.23. The Morgan fingerprint density at radius 1 is 1.14 bits per heavy atom. The van der Waals surface area contributed by atoms with Crippen molar-refractivity contribution in [2.24, 2.45) is 5.92 Å². The van der Waals surface area contributed by atoms with Gasteiger partial charge in [-0.05, 0) is 38.5 Å². The maximum absolute atomic E-state index is 9.90. The molecular weight excluding hydrogens is 366 g/mol. The smallest absolute Gasteiger partial charge is 0.159 e. The fraction of sp³-hybridized carbons (Fsp3) is 0.476. The van der Waals surface area contributed by atoms with Crippen molar-refractivity contribution in [3.05, 3.63) is 29.8 Å². The quantitative estimate of drug-likeness (QED) is 0.666. The van der Waals surface area contributed by atoms with Crippen molar-refractivity contribution in [1.82, 2.24) is 20.2 Å². The highest BCUT2D eigenvalue weighted by molar-refractivity contribution is 5.63. The van der Waals surface area contributed by atoms with Crippen LogP contribution in [-0.2, 0) is 0 Å². The summed E-state index contributed by atoms with van der Waals surface area (Å²) in [4.78, 5) is 8.13. The molecule has 1 saturated carbocycles. The second-order valence-electron chi connectivity index (χ2n) is 7.71. The molecule has 2 aromatic heterocycles. The molecule has 8 nitrogen and oxygen atoms in total. The van der Waals surface area contributed by atoms with Gasteiger partial charge in [-0.2, -0.15) is 5.26 Å². The van der Waals surface area contributed by atoms with Crippen LogP contribution in [-0.4, -0.2) is 37.4 Å². The fourth-order valence-corrected chi connectivity index (χ4v) is 3.12. The lowest BCUT2D eigenvalue weighted by atomic mass is 9.89. The first-order chi connectivity index (χ1) is 13.9. The van der Waals surface area contributed by atoms with Crippen LogP contribution in [0, 0.1) is 29.1 Å². The van der Waals surface area contributed by atoms with Crippen LogP contribution in [0.5, 0.6) is 0 Å². The van der Waals surface area contributed by atoms with E-state index in [0.29, 0.717) is 23.2 Å². The molecule has 8 heteroatoms. The van der Waals surface area contributed by atoms with E-state index in [1.54, 1.807) is 13.8 Å². The van der Waals surface area contributed by atoms with E-state index in [2.05, 4.69) is 42.6 Å². The van der Waals surface area contributed by atoms with Gasteiger partial charge in [-0.1, -0.05) is 25.2 Å². The summed E-state index contributed by atoms with van der Waals surface area (Å²) in [5, 5.41) is 33.6. The summed E-state index contributed by atoms with van der Waals surface area (Å²) in [6.07, 6.45) is 9.17. The minimum Gasteiger partial charge on any atom is -0.382 e. The van der Waals surface area contributed by atoms with E-state index in [-0.39, 0.29) is 5.69 Å². The molecule has 0 amide bonds. The van der Waals surface area contributed by atoms with E-state index >= 15 is 0 Å². The lowest BCUT2D eigenvalue weighted by molar-refractivity contribution is 0.143. The molecule has 0 unspecified atom stereocenters. The Labute approximate surface area is 170 Å². The first-order valence-corrected chi connectivity index (χ1v) is 9.79. The van der Waals surface area contributed by atoms with Crippen molar-refractivity contribution in [1.29, 1.82) is 5.26 Å². The average molecular weight is 391 g/mol. The van der Waals surface area contributed by atoms with Crippen LogP contribution in [0.3, 0.4) is 0 Å². The Morgan fingerprint density at radius 3 is 2.59 bits per heavy atom. The van der Waals surface area contributed by atoms with E-state index in [9.17, 15) is 5.11 Å². The maximum Gasteiger partial charge on any atom is 0.159 e. The number of anilines is 3. The summed E-state index contributed by atoms with van der Waals surface area (Å²) in [5.74, 6) is 7.29. The molecule has 0 radical (unpaired) electrons. The predicted octanol–water partition coefficient (Wildman–Crippen LogP) is 3.00. The number of nitrogens with zero attached hydrogens (tertiary/aromatic N) is 5. The van der Waals surface area contributed by atoms with Crippen molar-refractivity contribution in [3.63, 3.8) is 0 Å². The molecule has 2 aromatic rings. The second kappa shape index (κ2) is 9.31. The monoisotopic (exact) mass is 391 g/mol. The average Bonchev–Trinajstić information content (AvgIpc) is 2.72. The van der Waals surface area contributed by atoms with Crippen LogP contribution in [0.1, 0.15) is 57.3 Å². The molecule has 0 aromatic carbocycles. The maximum atomic E-state index is 9.90. The summed E-state index contributed by atoms with van der Waals surface area (Å²) < 4.78 is 0. The fourth-order valence-electron chi connectivity index (χ4n) is 3.12. The highest BCUT2D eigenvalue weighted by Gasteiger charge is 2.15. The van der Waals surface area contributed by atoms with E-state index in [1.807, 2.05) is 12.1 Å². The summed E-state index contributed by atoms with van der Waals surface area (Å²) >= 11 is 0. The molecule has 0 saturated heterocycles. The Bertz CT molecular complexity index is 927. The third-order valence-electron chi connectivity index (χ3n) is 4.61. The number of aliphatic hydroxyl groups is 1. The number of rotatable bonds is 5. The largest absolute Gasteiger partial charge is 0.382 e. The molecule has 3 N–H and O–H groups in total. The molecule has 0 aliphatic heterocycles. The van der Waals surface area contributed by atoms with Gasteiger partial charge < -0.3 is 15.7 Å². The zero-order chi connectivity index (χ0) is 20.7. The second-order valence-corrected chi connectivity index (χ2v) is 7.71. The summed E-state index contributed by atoms with van der Waals surface area (Å²) in [7, 11) is 0. The Kier molecular flexibility index (Phi) is 6.58. The topological polar surface area (TPSA) is 120 Å². The van der Waals surface area contributed by atoms with Crippen LogP contribution in [0.2, 0.25) is 0 Å². The van der Waals surface area contributed by atoms with Gasteiger partial charge in [0.2, 0.25) is 0 Å². The Balaban J connectivity index is 1.80. The molecule has 1 fully saturated rings. The molecule has 0 atom stereocenters. The van der Waals surface area contributed by atoms with Crippen molar-refractivity contribution in [2.75, 3.05) is 17.2 Å². The van der Waals surface area contributed by atoms with E-state index < -0.39 is 5.60 Å². The van der Waals surface area contributed by atoms with Gasteiger partial charge >= 0.3 is 0 Å². The summed E-state index contributed by atoms with van der Waals surface area (Å²) in [6, 6.07) is 3.76. The lowest BCUT2D eigenvalue weighted by Crippen LogP contribution is -2.18. The number of hydrogen-bond acceptors (Lipinski definition) is 8. The molecule has 0 bridgehead atoms. The molecule has 1 aliphatic carbocycles. The lowest BCUT2D eigenvalue weighted by Gasteiger charge is -2.22. The van der Waals surface area contributed by atoms with Crippen LogP contribution in [0.15, 0.2) is 18.5 Å². The summed E-state index contributed by atoms with van der Waals surface area (Å²) in [6.45, 7) is 4.10. The molecule has 150 valence electrons. The van der Waals surface area contributed by atoms with Crippen LogP contribution >= 0.6 is 0 Å². The van der Waals surface area contributed by atoms with Crippen molar-refractivity contribution >= 4 is 17.3 Å². The predicted molar refractivity (Wildman–Crippen MR) is 110 cm³/mol. The molecule has 3 rings (SSSR count). The highest BCUT2D eigenvalue weighted by Crippen LogP contribution is 2.25. The van der Waals surface area contributed by atoms with Gasteiger partial charge in [0.15, 0.2) is 17.2 Å². The molecule has 29 heavy (non-hydrogen) atoms. The minimum atomic E-state index is -1.11. The first-order valence-electron chi connectivity index (χ1n) is 9.79. The van der Waals surface area contributed by atoms with Crippen LogP contribution in [0.4, 0.5) is 17.3 Å². The van der Waals surface area contributed by atoms with Gasteiger partial charge in [-0.15, -0.1) is 10.2 Å². The highest BCUT2D eigenvalue weighted by atomic mass is 16.3. The number of aromatic nitrogens is 4. The van der Waals surface area contributed by atoms with Crippen molar-refractivity contribution in [2.45, 2.75) is 51.6 Å². The molecular formula is C21H25N7O. The molecule has 1 aliphatic rings. The van der Waals surface area contributed by atoms with Gasteiger partial charge in [0.05, 0.1) is 18.1 Å². The third kappa shape index (κ3) is 6.41. The molecule has 2 heterocycles. The minimum absolute atomic E-state index is 0.244. The first kappa shape index (κ1) is 20.5. The normalized spacial score (nSPS) is 14.4. The van der Waals surface area contributed by atoms with Gasteiger partial charge in [-0.3, -0.25) is 0 Å². The standard InChI is InChI=1S/C21H25N7O/c1-21(2,29)9-8-17-18(24-12-15-6-4-3-5-7-15)10-19(28-27-17)26-20-14-23-16(11-22)13-25-20/h10,13-15,29H,3-7,12H2,1-2H3,(H2,24,25,26,28). The number of hydrogen-bond donors (Lipinski definition) is 3. The number of nitriles is 1. The zero-order valence-electron chi connectivity index (χ0n) is 16.7. The van der Waals surface area contributed by atoms with Gasteiger partial charge in [0, 0.05) is 12.6 Å². The van der Waals surface area contributed by atoms with E-state index in [1.165, 1.54) is 44.5 Å². The van der Waals surface area contributed by atoms with Crippen molar-refractivity contribution in [3.8, 4) is 17.9 Å². The van der Waals surface area contributed by atoms with Crippen LogP contribution < -0.4 is 10.6 Å². The van der Waals surface area contributed by atoms with Gasteiger partial charge in [-0.25, -0.2) is 9.97 Å². The van der Waals surface area contributed by atoms with Gasteiger partial charge in [0.1, 0.15) is 17.5 Å². The number of nitrogens with one attached hydrogen (secondary N) is 2. The zero-order valence-corrected chi connectivity index (χ0v) is 16.7.